The lowest BCUT2D eigenvalue weighted by Gasteiger charge is -2.23. The van der Waals surface area contributed by atoms with E-state index in [9.17, 15) is 0 Å². The number of aryl methyl sites for hydroxylation is 1. The summed E-state index contributed by atoms with van der Waals surface area (Å²) in [7, 11) is 5.90. The van der Waals surface area contributed by atoms with E-state index in [1.807, 2.05) is 18.8 Å². The average Bonchev–Trinajstić information content (AvgIpc) is 2.78. The van der Waals surface area contributed by atoms with Gasteiger partial charge in [0.15, 0.2) is 5.96 Å². The zero-order valence-electron chi connectivity index (χ0n) is 16.3. The summed E-state index contributed by atoms with van der Waals surface area (Å²) in [6.45, 7) is 13.0. The number of guanidine groups is 1. The zero-order valence-corrected chi connectivity index (χ0v) is 16.3. The Morgan fingerprint density at radius 1 is 1.39 bits per heavy atom. The van der Waals surface area contributed by atoms with E-state index in [2.05, 4.69) is 68.2 Å². The van der Waals surface area contributed by atoms with E-state index in [1.165, 1.54) is 17.7 Å². The second kappa shape index (κ2) is 8.37. The molecule has 0 amide bonds. The molecular formula is C18H35N5. The van der Waals surface area contributed by atoms with E-state index in [0.29, 0.717) is 11.3 Å². The summed E-state index contributed by atoms with van der Waals surface area (Å²) < 4.78 is 1.90. The van der Waals surface area contributed by atoms with Crippen LogP contribution in [0.5, 0.6) is 0 Å². The highest BCUT2D eigenvalue weighted by Gasteiger charge is 2.15. The van der Waals surface area contributed by atoms with Gasteiger partial charge in [0.25, 0.3) is 0 Å². The molecule has 0 aromatic carbocycles. The minimum Gasteiger partial charge on any atom is -0.356 e. The molecule has 0 saturated heterocycles. The Labute approximate surface area is 142 Å². The molecule has 5 heteroatoms. The summed E-state index contributed by atoms with van der Waals surface area (Å²) in [4.78, 5) is 6.57. The van der Waals surface area contributed by atoms with Gasteiger partial charge in [-0.15, -0.1) is 0 Å². The van der Waals surface area contributed by atoms with Crippen molar-refractivity contribution in [2.45, 2.75) is 59.9 Å². The molecule has 0 radical (unpaired) electrons. The first-order valence-corrected chi connectivity index (χ1v) is 8.58. The maximum absolute atomic E-state index is 4.58. The molecule has 23 heavy (non-hydrogen) atoms. The number of rotatable bonds is 6. The number of nitrogens with zero attached hydrogens (tertiary/aromatic N) is 4. The van der Waals surface area contributed by atoms with Crippen LogP contribution in [-0.4, -0.2) is 41.3 Å². The monoisotopic (exact) mass is 321 g/mol. The molecular weight excluding hydrogens is 286 g/mol. The SMILES string of the molecule is CN=C(NCCCC(C)(C)C)N(C)Cc1cn(C)nc1C(C)C. The first-order chi connectivity index (χ1) is 10.6. The van der Waals surface area contributed by atoms with Gasteiger partial charge < -0.3 is 10.2 Å². The summed E-state index contributed by atoms with van der Waals surface area (Å²) >= 11 is 0. The molecule has 0 atom stereocenters. The van der Waals surface area contributed by atoms with Crippen LogP contribution in [0.2, 0.25) is 0 Å². The Morgan fingerprint density at radius 2 is 2.04 bits per heavy atom. The molecule has 132 valence electrons. The average molecular weight is 322 g/mol. The molecule has 1 N–H and O–H groups in total. The maximum Gasteiger partial charge on any atom is 0.193 e. The minimum absolute atomic E-state index is 0.388. The maximum atomic E-state index is 4.58. The molecule has 0 unspecified atom stereocenters. The topological polar surface area (TPSA) is 45.5 Å². The van der Waals surface area contributed by atoms with Gasteiger partial charge in [0.1, 0.15) is 0 Å². The Hall–Kier alpha value is -1.52. The standard InChI is InChI=1S/C18H35N5/c1-14(2)16-15(13-23(8)21-16)12-22(7)17(19-6)20-11-9-10-18(3,4)5/h13-14H,9-12H2,1-8H3,(H,19,20). The van der Waals surface area contributed by atoms with Gasteiger partial charge in [-0.2, -0.15) is 5.10 Å². The van der Waals surface area contributed by atoms with Crippen molar-refractivity contribution in [1.82, 2.24) is 20.0 Å². The second-order valence-corrected chi connectivity index (χ2v) is 7.86. The van der Waals surface area contributed by atoms with Crippen LogP contribution in [0, 0.1) is 5.41 Å². The van der Waals surface area contributed by atoms with E-state index in [1.54, 1.807) is 0 Å². The van der Waals surface area contributed by atoms with Crippen LogP contribution in [0.4, 0.5) is 0 Å². The van der Waals surface area contributed by atoms with Crippen LogP contribution in [0.1, 0.15) is 64.6 Å². The molecule has 5 nitrogen and oxygen atoms in total. The van der Waals surface area contributed by atoms with Gasteiger partial charge in [0.2, 0.25) is 0 Å². The summed E-state index contributed by atoms with van der Waals surface area (Å²) in [6.07, 6.45) is 4.47. The van der Waals surface area contributed by atoms with Crippen molar-refractivity contribution in [3.8, 4) is 0 Å². The number of hydrogen-bond acceptors (Lipinski definition) is 2. The fraction of sp³-hybridized carbons (Fsp3) is 0.778. The van der Waals surface area contributed by atoms with Crippen molar-refractivity contribution in [3.63, 3.8) is 0 Å². The molecule has 1 aromatic rings. The lowest BCUT2D eigenvalue weighted by Crippen LogP contribution is -2.39. The van der Waals surface area contributed by atoms with Gasteiger partial charge in [0.05, 0.1) is 5.69 Å². The fourth-order valence-corrected chi connectivity index (χ4v) is 2.70. The third-order valence-electron chi connectivity index (χ3n) is 3.85. The molecule has 0 fully saturated rings. The van der Waals surface area contributed by atoms with Gasteiger partial charge in [-0.25, -0.2) is 0 Å². The molecule has 0 aliphatic rings. The lowest BCUT2D eigenvalue weighted by molar-refractivity contribution is 0.363. The normalized spacial score (nSPS) is 12.8. The summed E-state index contributed by atoms with van der Waals surface area (Å²) in [5.41, 5.74) is 2.82. The molecule has 1 heterocycles. The predicted octanol–water partition coefficient (Wildman–Crippen LogP) is 3.38. The quantitative estimate of drug-likeness (QED) is 0.496. The molecule has 1 rings (SSSR count). The third-order valence-corrected chi connectivity index (χ3v) is 3.85. The van der Waals surface area contributed by atoms with Crippen LogP contribution in [0.15, 0.2) is 11.2 Å². The highest BCUT2D eigenvalue weighted by Crippen LogP contribution is 2.20. The van der Waals surface area contributed by atoms with Crippen molar-refractivity contribution >= 4 is 5.96 Å². The van der Waals surface area contributed by atoms with E-state index in [4.69, 9.17) is 0 Å². The molecule has 1 aromatic heterocycles. The highest BCUT2D eigenvalue weighted by molar-refractivity contribution is 5.79. The van der Waals surface area contributed by atoms with Crippen molar-refractivity contribution in [3.05, 3.63) is 17.5 Å². The number of aliphatic imine (C=N–C) groups is 1. The van der Waals surface area contributed by atoms with Gasteiger partial charge >= 0.3 is 0 Å². The van der Waals surface area contributed by atoms with E-state index in [-0.39, 0.29) is 0 Å². The largest absolute Gasteiger partial charge is 0.356 e. The van der Waals surface area contributed by atoms with E-state index >= 15 is 0 Å². The van der Waals surface area contributed by atoms with Gasteiger partial charge in [0, 0.05) is 46.0 Å². The third kappa shape index (κ3) is 6.63. The van der Waals surface area contributed by atoms with E-state index in [0.717, 1.165) is 25.5 Å². The van der Waals surface area contributed by atoms with Gasteiger partial charge in [-0.1, -0.05) is 34.6 Å². The molecule has 0 aliphatic carbocycles. The smallest absolute Gasteiger partial charge is 0.193 e. The molecule has 0 bridgehead atoms. The first-order valence-electron chi connectivity index (χ1n) is 8.58. The molecule has 0 spiro atoms. The van der Waals surface area contributed by atoms with Crippen LogP contribution in [0.3, 0.4) is 0 Å². The summed E-state index contributed by atoms with van der Waals surface area (Å²) in [5.74, 6) is 1.37. The van der Waals surface area contributed by atoms with Crippen LogP contribution in [0.25, 0.3) is 0 Å². The number of nitrogens with one attached hydrogen (secondary N) is 1. The molecule has 0 aliphatic heterocycles. The summed E-state index contributed by atoms with van der Waals surface area (Å²) in [5, 5.41) is 8.05. The fourth-order valence-electron chi connectivity index (χ4n) is 2.70. The summed E-state index contributed by atoms with van der Waals surface area (Å²) in [6, 6.07) is 0. The van der Waals surface area contributed by atoms with E-state index < -0.39 is 0 Å². The van der Waals surface area contributed by atoms with Gasteiger partial charge in [-0.05, 0) is 24.2 Å². The van der Waals surface area contributed by atoms with Crippen LogP contribution < -0.4 is 5.32 Å². The Bertz CT molecular complexity index is 508. The van der Waals surface area contributed by atoms with Crippen molar-refractivity contribution < 1.29 is 0 Å². The van der Waals surface area contributed by atoms with Gasteiger partial charge in [-0.3, -0.25) is 9.67 Å². The number of hydrogen-bond donors (Lipinski definition) is 1. The predicted molar refractivity (Wildman–Crippen MR) is 98.8 cm³/mol. The first kappa shape index (κ1) is 19.5. The number of aromatic nitrogens is 2. The van der Waals surface area contributed by atoms with Crippen molar-refractivity contribution in [1.29, 1.82) is 0 Å². The van der Waals surface area contributed by atoms with Crippen LogP contribution >= 0.6 is 0 Å². The molecule has 0 saturated carbocycles. The lowest BCUT2D eigenvalue weighted by atomic mass is 9.91. The second-order valence-electron chi connectivity index (χ2n) is 7.86. The zero-order chi connectivity index (χ0) is 17.6. The Kier molecular flexibility index (Phi) is 7.10. The van der Waals surface area contributed by atoms with Crippen molar-refractivity contribution in [2.24, 2.45) is 17.5 Å². The Morgan fingerprint density at radius 3 is 2.57 bits per heavy atom. The van der Waals surface area contributed by atoms with Crippen LogP contribution in [-0.2, 0) is 13.6 Å². The minimum atomic E-state index is 0.388. The highest BCUT2D eigenvalue weighted by atomic mass is 15.3. The Balaban J connectivity index is 2.59. The van der Waals surface area contributed by atoms with Crippen molar-refractivity contribution in [2.75, 3.05) is 20.6 Å².